The lowest BCUT2D eigenvalue weighted by atomic mass is 10.2. The molecule has 72 valence electrons. The number of azo groups is 1. The molecule has 0 saturated heterocycles. The van der Waals surface area contributed by atoms with E-state index < -0.39 is 6.17 Å². The second-order valence-electron chi connectivity index (χ2n) is 2.68. The minimum Gasteiger partial charge on any atom is -0.301 e. The van der Waals surface area contributed by atoms with Crippen molar-refractivity contribution in [3.05, 3.63) is 24.4 Å². The van der Waals surface area contributed by atoms with Gasteiger partial charge in [0.05, 0.1) is 11.8 Å². The van der Waals surface area contributed by atoms with Crippen molar-refractivity contribution in [3.8, 4) is 0 Å². The summed E-state index contributed by atoms with van der Waals surface area (Å²) < 4.78 is 0. The molecule has 0 aliphatic carbocycles. The van der Waals surface area contributed by atoms with Crippen molar-refractivity contribution in [2.24, 2.45) is 15.2 Å². The molecule has 6 heteroatoms. The van der Waals surface area contributed by atoms with Crippen molar-refractivity contribution in [3.63, 3.8) is 0 Å². The zero-order chi connectivity index (χ0) is 9.97. The third kappa shape index (κ3) is 1.60. The number of fused-ring (bicyclic) bond motifs is 1. The van der Waals surface area contributed by atoms with E-state index in [1.54, 1.807) is 6.08 Å². The SMILES string of the molecule is C=CCSC1=NC2N=NC=C2C(=O)N1. The summed E-state index contributed by atoms with van der Waals surface area (Å²) in [5.41, 5.74) is 0.507. The van der Waals surface area contributed by atoms with Gasteiger partial charge in [0.2, 0.25) is 0 Å². The molecule has 1 N–H and O–H groups in total. The Balaban J connectivity index is 2.14. The van der Waals surface area contributed by atoms with E-state index in [-0.39, 0.29) is 5.91 Å². The van der Waals surface area contributed by atoms with Crippen LogP contribution in [0.15, 0.2) is 39.6 Å². The molecule has 14 heavy (non-hydrogen) atoms. The molecule has 1 atom stereocenters. The van der Waals surface area contributed by atoms with Crippen molar-refractivity contribution in [1.82, 2.24) is 5.32 Å². The first-order valence-corrected chi connectivity index (χ1v) is 5.02. The number of amidine groups is 1. The standard InChI is InChI=1S/C8H8N4OS/c1-2-3-14-8-10-6-5(4-9-12-6)7(13)11-8/h2,4,6H,1,3H2,(H,10,11,13). The molecule has 0 radical (unpaired) electrons. The number of carbonyl (C=O) groups excluding carboxylic acids is 1. The minimum atomic E-state index is -0.434. The van der Waals surface area contributed by atoms with Crippen LogP contribution in [0, 0.1) is 0 Å². The van der Waals surface area contributed by atoms with Crippen LogP contribution in [-0.4, -0.2) is 23.0 Å². The molecule has 0 aromatic heterocycles. The summed E-state index contributed by atoms with van der Waals surface area (Å²) in [6.45, 7) is 3.59. The third-order valence-corrected chi connectivity index (χ3v) is 2.59. The van der Waals surface area contributed by atoms with Crippen LogP contribution in [0.5, 0.6) is 0 Å². The third-order valence-electron chi connectivity index (χ3n) is 1.71. The number of nitrogens with zero attached hydrogens (tertiary/aromatic N) is 3. The van der Waals surface area contributed by atoms with Crippen LogP contribution in [0.1, 0.15) is 0 Å². The maximum Gasteiger partial charge on any atom is 0.258 e. The summed E-state index contributed by atoms with van der Waals surface area (Å²) in [6.07, 6.45) is 2.76. The van der Waals surface area contributed by atoms with Crippen molar-refractivity contribution in [2.75, 3.05) is 5.75 Å². The predicted octanol–water partition coefficient (Wildman–Crippen LogP) is 1.07. The molecular formula is C8H8N4OS. The fourth-order valence-corrected chi connectivity index (χ4v) is 1.70. The maximum atomic E-state index is 11.4. The highest BCUT2D eigenvalue weighted by atomic mass is 32.2. The van der Waals surface area contributed by atoms with E-state index in [1.165, 1.54) is 18.0 Å². The lowest BCUT2D eigenvalue weighted by Gasteiger charge is -2.16. The van der Waals surface area contributed by atoms with Gasteiger partial charge < -0.3 is 5.32 Å². The van der Waals surface area contributed by atoms with Crippen LogP contribution in [0.2, 0.25) is 0 Å². The highest BCUT2D eigenvalue weighted by Crippen LogP contribution is 2.21. The molecule has 2 aliphatic heterocycles. The summed E-state index contributed by atoms with van der Waals surface area (Å²) in [6, 6.07) is 0. The van der Waals surface area contributed by atoms with Crippen LogP contribution in [-0.2, 0) is 4.79 Å². The summed E-state index contributed by atoms with van der Waals surface area (Å²) >= 11 is 1.42. The van der Waals surface area contributed by atoms with E-state index in [4.69, 9.17) is 0 Å². The van der Waals surface area contributed by atoms with Gasteiger partial charge in [0.15, 0.2) is 11.3 Å². The Morgan fingerprint density at radius 1 is 1.71 bits per heavy atom. The summed E-state index contributed by atoms with van der Waals surface area (Å²) in [5, 5.41) is 10.7. The van der Waals surface area contributed by atoms with Gasteiger partial charge in [-0.1, -0.05) is 17.8 Å². The quantitative estimate of drug-likeness (QED) is 0.690. The van der Waals surface area contributed by atoms with Crippen LogP contribution >= 0.6 is 11.8 Å². The number of hydrogen-bond donors (Lipinski definition) is 1. The number of thioether (sulfide) groups is 1. The molecule has 0 aromatic rings. The lowest BCUT2D eigenvalue weighted by Crippen LogP contribution is -2.37. The predicted molar refractivity (Wildman–Crippen MR) is 55.0 cm³/mol. The zero-order valence-corrected chi connectivity index (χ0v) is 8.12. The second-order valence-corrected chi connectivity index (χ2v) is 3.69. The average Bonchev–Trinajstić information content (AvgIpc) is 2.63. The molecule has 5 nitrogen and oxygen atoms in total. The number of aliphatic imine (C=N–C) groups is 1. The lowest BCUT2D eigenvalue weighted by molar-refractivity contribution is -0.116. The number of rotatable bonds is 2. The number of carbonyl (C=O) groups is 1. The van der Waals surface area contributed by atoms with Crippen LogP contribution < -0.4 is 5.32 Å². The van der Waals surface area contributed by atoms with Crippen LogP contribution in [0.4, 0.5) is 0 Å². The topological polar surface area (TPSA) is 66.2 Å². The van der Waals surface area contributed by atoms with E-state index in [1.807, 2.05) is 0 Å². The van der Waals surface area contributed by atoms with Gasteiger partial charge in [-0.05, 0) is 0 Å². The Kier molecular flexibility index (Phi) is 2.45. The molecule has 0 spiro atoms. The fraction of sp³-hybridized carbons (Fsp3) is 0.250. The minimum absolute atomic E-state index is 0.165. The largest absolute Gasteiger partial charge is 0.301 e. The number of amides is 1. The highest BCUT2D eigenvalue weighted by Gasteiger charge is 2.29. The molecule has 2 aliphatic rings. The van der Waals surface area contributed by atoms with Gasteiger partial charge in [-0.2, -0.15) is 10.2 Å². The molecular weight excluding hydrogens is 200 g/mol. The molecule has 2 heterocycles. The monoisotopic (exact) mass is 208 g/mol. The van der Waals surface area contributed by atoms with E-state index in [9.17, 15) is 4.79 Å². The molecule has 1 unspecified atom stereocenters. The van der Waals surface area contributed by atoms with E-state index >= 15 is 0 Å². The van der Waals surface area contributed by atoms with Gasteiger partial charge in [-0.15, -0.1) is 6.58 Å². The summed E-state index contributed by atoms with van der Waals surface area (Å²) in [7, 11) is 0. The van der Waals surface area contributed by atoms with Gasteiger partial charge in [0.1, 0.15) is 0 Å². The molecule has 0 saturated carbocycles. The molecule has 1 amide bonds. The highest BCUT2D eigenvalue weighted by molar-refractivity contribution is 8.14. The Labute approximate surface area is 85.1 Å². The Morgan fingerprint density at radius 3 is 3.36 bits per heavy atom. The van der Waals surface area contributed by atoms with Gasteiger partial charge in [-0.3, -0.25) is 4.79 Å². The maximum absolute atomic E-state index is 11.4. The van der Waals surface area contributed by atoms with Gasteiger partial charge in [-0.25, -0.2) is 4.99 Å². The van der Waals surface area contributed by atoms with Gasteiger partial charge in [0, 0.05) is 5.75 Å². The summed E-state index contributed by atoms with van der Waals surface area (Å²) in [5.74, 6) is 0.545. The van der Waals surface area contributed by atoms with E-state index in [0.717, 1.165) is 0 Å². The molecule has 0 aromatic carbocycles. The molecule has 2 rings (SSSR count). The molecule has 0 fully saturated rings. The normalized spacial score (nSPS) is 23.7. The van der Waals surface area contributed by atoms with Crippen molar-refractivity contribution < 1.29 is 4.79 Å². The van der Waals surface area contributed by atoms with E-state index in [0.29, 0.717) is 16.5 Å². The first-order chi connectivity index (χ1) is 6.81. The Bertz CT molecular complexity index is 372. The van der Waals surface area contributed by atoms with Crippen LogP contribution in [0.25, 0.3) is 0 Å². The smallest absolute Gasteiger partial charge is 0.258 e. The fourth-order valence-electron chi connectivity index (χ4n) is 1.08. The second kappa shape index (κ2) is 3.75. The number of hydrogen-bond acceptors (Lipinski definition) is 5. The van der Waals surface area contributed by atoms with Crippen molar-refractivity contribution in [1.29, 1.82) is 0 Å². The van der Waals surface area contributed by atoms with Gasteiger partial charge in [0.25, 0.3) is 5.91 Å². The zero-order valence-electron chi connectivity index (χ0n) is 7.30. The average molecular weight is 208 g/mol. The Morgan fingerprint density at radius 2 is 2.57 bits per heavy atom. The van der Waals surface area contributed by atoms with Gasteiger partial charge >= 0.3 is 0 Å². The van der Waals surface area contributed by atoms with Crippen molar-refractivity contribution >= 4 is 22.8 Å². The molecule has 0 bridgehead atoms. The first kappa shape index (κ1) is 9.14. The van der Waals surface area contributed by atoms with Crippen molar-refractivity contribution in [2.45, 2.75) is 6.17 Å². The summed E-state index contributed by atoms with van der Waals surface area (Å²) in [4.78, 5) is 15.6. The first-order valence-electron chi connectivity index (χ1n) is 4.04. The Hall–Kier alpha value is -1.43. The van der Waals surface area contributed by atoms with E-state index in [2.05, 4.69) is 27.1 Å². The number of nitrogens with one attached hydrogen (secondary N) is 1. The van der Waals surface area contributed by atoms with Crippen LogP contribution in [0.3, 0.4) is 0 Å².